The minimum Gasteiger partial charge on any atom is -0.279 e. The maximum absolute atomic E-state index is 13.6. The standard InChI is InChI=1S/C23H20FN5O2/c1-4-14-5-7-15(8-6-14)18-13-28-19-20(26(2)23(31)27(3)21(19)30)25-22(28)29(18)17-11-9-16(24)10-12-17/h5-13H,4H2,1-3H3. The van der Waals surface area contributed by atoms with E-state index in [1.165, 1.54) is 29.3 Å². The van der Waals surface area contributed by atoms with Gasteiger partial charge in [-0.2, -0.15) is 4.98 Å². The van der Waals surface area contributed by atoms with E-state index in [-0.39, 0.29) is 5.82 Å². The van der Waals surface area contributed by atoms with Gasteiger partial charge in [0.15, 0.2) is 11.2 Å². The van der Waals surface area contributed by atoms with Crippen LogP contribution in [0, 0.1) is 5.82 Å². The fourth-order valence-electron chi connectivity index (χ4n) is 3.93. The molecule has 2 aromatic carbocycles. The lowest BCUT2D eigenvalue weighted by Gasteiger charge is -2.10. The summed E-state index contributed by atoms with van der Waals surface area (Å²) in [5, 5.41) is 0. The van der Waals surface area contributed by atoms with Gasteiger partial charge in [-0.3, -0.25) is 22.9 Å². The van der Waals surface area contributed by atoms with E-state index in [0.29, 0.717) is 22.6 Å². The largest absolute Gasteiger partial charge is 0.332 e. The second kappa shape index (κ2) is 6.80. The van der Waals surface area contributed by atoms with Crippen LogP contribution >= 0.6 is 0 Å². The molecule has 0 N–H and O–H groups in total. The smallest absolute Gasteiger partial charge is 0.279 e. The average molecular weight is 417 g/mol. The van der Waals surface area contributed by atoms with Crippen LogP contribution in [0.2, 0.25) is 0 Å². The van der Waals surface area contributed by atoms with Gasteiger partial charge in [-0.15, -0.1) is 0 Å². The van der Waals surface area contributed by atoms with Crippen LogP contribution in [0.3, 0.4) is 0 Å². The van der Waals surface area contributed by atoms with Crippen molar-refractivity contribution in [1.82, 2.24) is 23.1 Å². The van der Waals surface area contributed by atoms with Gasteiger partial charge in [0.25, 0.3) is 5.56 Å². The molecule has 3 heterocycles. The van der Waals surface area contributed by atoms with Crippen molar-refractivity contribution < 1.29 is 4.39 Å². The number of hydrogen-bond acceptors (Lipinski definition) is 3. The van der Waals surface area contributed by atoms with E-state index < -0.39 is 11.2 Å². The first kappa shape index (κ1) is 19.0. The third-order valence-electron chi connectivity index (χ3n) is 5.71. The maximum Gasteiger partial charge on any atom is 0.332 e. The first-order valence-electron chi connectivity index (χ1n) is 9.95. The molecule has 0 saturated carbocycles. The van der Waals surface area contributed by atoms with Crippen molar-refractivity contribution in [3.8, 4) is 16.9 Å². The van der Waals surface area contributed by atoms with E-state index in [4.69, 9.17) is 0 Å². The van der Waals surface area contributed by atoms with Crippen LogP contribution in [0.5, 0.6) is 0 Å². The lowest BCUT2D eigenvalue weighted by atomic mass is 10.1. The molecule has 3 aromatic heterocycles. The highest BCUT2D eigenvalue weighted by Crippen LogP contribution is 2.29. The number of aryl methyl sites for hydroxylation is 2. The third-order valence-corrected chi connectivity index (χ3v) is 5.71. The van der Waals surface area contributed by atoms with Gasteiger partial charge in [-0.05, 0) is 36.2 Å². The SMILES string of the molecule is CCc1ccc(-c2cn3c4c(=O)n(C)c(=O)n(C)c4nc3n2-c2ccc(F)cc2)cc1. The van der Waals surface area contributed by atoms with Crippen LogP contribution in [0.15, 0.2) is 64.3 Å². The van der Waals surface area contributed by atoms with Crippen molar-refractivity contribution in [3.63, 3.8) is 0 Å². The molecule has 0 fully saturated rings. The lowest BCUT2D eigenvalue weighted by molar-refractivity contribution is 0.627. The summed E-state index contributed by atoms with van der Waals surface area (Å²) >= 11 is 0. The van der Waals surface area contributed by atoms with E-state index >= 15 is 0 Å². The molecule has 0 spiro atoms. The molecule has 31 heavy (non-hydrogen) atoms. The predicted octanol–water partition coefficient (Wildman–Crippen LogP) is 3.04. The number of hydrogen-bond donors (Lipinski definition) is 0. The minimum atomic E-state index is -0.443. The van der Waals surface area contributed by atoms with Crippen LogP contribution in [-0.4, -0.2) is 23.1 Å². The molecule has 0 saturated heterocycles. The average Bonchev–Trinajstić information content (AvgIpc) is 3.33. The summed E-state index contributed by atoms with van der Waals surface area (Å²) in [5.41, 5.74) is 3.39. The minimum absolute atomic E-state index is 0.298. The van der Waals surface area contributed by atoms with Gasteiger partial charge in [0.1, 0.15) is 5.82 Å². The lowest BCUT2D eigenvalue weighted by Crippen LogP contribution is -2.37. The summed E-state index contributed by atoms with van der Waals surface area (Å²) in [4.78, 5) is 29.9. The fraction of sp³-hybridized carbons (Fsp3) is 0.174. The van der Waals surface area contributed by atoms with E-state index in [2.05, 4.69) is 24.0 Å². The molecule has 0 radical (unpaired) electrons. The highest BCUT2D eigenvalue weighted by atomic mass is 19.1. The van der Waals surface area contributed by atoms with Crippen LogP contribution in [0.4, 0.5) is 4.39 Å². The first-order valence-corrected chi connectivity index (χ1v) is 9.95. The summed E-state index contributed by atoms with van der Waals surface area (Å²) in [5.74, 6) is 0.125. The molecule has 0 unspecified atom stereocenters. The molecule has 7 nitrogen and oxygen atoms in total. The number of halogens is 1. The van der Waals surface area contributed by atoms with Crippen LogP contribution in [-0.2, 0) is 20.5 Å². The number of imidazole rings is 2. The third kappa shape index (κ3) is 2.75. The fourth-order valence-corrected chi connectivity index (χ4v) is 3.93. The molecule has 0 aliphatic heterocycles. The number of aromatic nitrogens is 5. The van der Waals surface area contributed by atoms with E-state index in [9.17, 15) is 14.0 Å². The quantitative estimate of drug-likeness (QED) is 0.453. The van der Waals surface area contributed by atoms with E-state index in [0.717, 1.165) is 22.2 Å². The van der Waals surface area contributed by atoms with Crippen molar-refractivity contribution >= 4 is 16.9 Å². The van der Waals surface area contributed by atoms with Crippen molar-refractivity contribution in [2.75, 3.05) is 0 Å². The van der Waals surface area contributed by atoms with Gasteiger partial charge in [0.2, 0.25) is 5.78 Å². The van der Waals surface area contributed by atoms with Gasteiger partial charge in [-0.25, -0.2) is 9.18 Å². The Bertz CT molecular complexity index is 1570. The molecule has 5 aromatic rings. The second-order valence-corrected chi connectivity index (χ2v) is 7.54. The molecule has 8 heteroatoms. The topological polar surface area (TPSA) is 66.2 Å². The molecule has 156 valence electrons. The molecule has 0 aliphatic carbocycles. The Morgan fingerprint density at radius 1 is 0.935 bits per heavy atom. The molecular formula is C23H20FN5O2. The Morgan fingerprint density at radius 2 is 1.61 bits per heavy atom. The molecule has 0 bridgehead atoms. The Balaban J connectivity index is 1.92. The van der Waals surface area contributed by atoms with Gasteiger partial charge < -0.3 is 0 Å². The molecule has 0 amide bonds. The van der Waals surface area contributed by atoms with Crippen molar-refractivity contribution in [1.29, 1.82) is 0 Å². The summed E-state index contributed by atoms with van der Waals surface area (Å²) in [6.45, 7) is 2.09. The van der Waals surface area contributed by atoms with Gasteiger partial charge in [-0.1, -0.05) is 31.2 Å². The second-order valence-electron chi connectivity index (χ2n) is 7.54. The normalized spacial score (nSPS) is 11.6. The molecule has 0 atom stereocenters. The Morgan fingerprint density at radius 3 is 2.26 bits per heavy atom. The molecule has 5 rings (SSSR count). The van der Waals surface area contributed by atoms with Gasteiger partial charge >= 0.3 is 5.69 Å². The first-order chi connectivity index (χ1) is 14.9. The summed E-state index contributed by atoms with van der Waals surface area (Å²) < 4.78 is 19.6. The zero-order valence-electron chi connectivity index (χ0n) is 17.3. The Hall–Kier alpha value is -3.94. The van der Waals surface area contributed by atoms with Crippen molar-refractivity contribution in [2.24, 2.45) is 14.1 Å². The summed E-state index contributed by atoms with van der Waals surface area (Å²) in [6.07, 6.45) is 2.76. The summed E-state index contributed by atoms with van der Waals surface area (Å²) in [6, 6.07) is 14.2. The Kier molecular flexibility index (Phi) is 4.18. The van der Waals surface area contributed by atoms with Crippen molar-refractivity contribution in [2.45, 2.75) is 13.3 Å². The van der Waals surface area contributed by atoms with Gasteiger partial charge in [0, 0.05) is 31.5 Å². The molecular weight excluding hydrogens is 397 g/mol. The highest BCUT2D eigenvalue weighted by Gasteiger charge is 2.21. The van der Waals surface area contributed by atoms with Crippen LogP contribution in [0.1, 0.15) is 12.5 Å². The Labute approximate surface area is 176 Å². The van der Waals surface area contributed by atoms with E-state index in [1.807, 2.05) is 22.9 Å². The van der Waals surface area contributed by atoms with Crippen LogP contribution in [0.25, 0.3) is 33.9 Å². The van der Waals surface area contributed by atoms with Gasteiger partial charge in [0.05, 0.1) is 5.69 Å². The number of rotatable bonds is 3. The number of fused-ring (bicyclic) bond motifs is 3. The highest BCUT2D eigenvalue weighted by molar-refractivity contribution is 5.79. The van der Waals surface area contributed by atoms with Crippen LogP contribution < -0.4 is 11.2 Å². The molecule has 0 aliphatic rings. The zero-order chi connectivity index (χ0) is 21.9. The monoisotopic (exact) mass is 417 g/mol. The maximum atomic E-state index is 13.6. The zero-order valence-corrected chi connectivity index (χ0v) is 17.3. The van der Waals surface area contributed by atoms with Crippen molar-refractivity contribution in [3.05, 3.63) is 86.9 Å². The number of nitrogens with zero attached hydrogens (tertiary/aromatic N) is 5. The van der Waals surface area contributed by atoms with E-state index in [1.54, 1.807) is 23.6 Å². The predicted molar refractivity (Wildman–Crippen MR) is 117 cm³/mol. The summed E-state index contributed by atoms with van der Waals surface area (Å²) in [7, 11) is 3.04. The number of benzene rings is 2.